The van der Waals surface area contributed by atoms with Crippen molar-refractivity contribution in [1.82, 2.24) is 0 Å². The number of allylic oxidation sites excluding steroid dienone is 1. The van der Waals surface area contributed by atoms with E-state index in [0.29, 0.717) is 5.56 Å². The lowest BCUT2D eigenvalue weighted by molar-refractivity contribution is -0.137. The van der Waals surface area contributed by atoms with E-state index in [2.05, 4.69) is 0 Å². The number of nitrogens with two attached hydrogens (primary N) is 1. The van der Waals surface area contributed by atoms with Gasteiger partial charge in [-0.3, -0.25) is 0 Å². The second kappa shape index (κ2) is 3.94. The second-order valence-electron chi connectivity index (χ2n) is 3.84. The van der Waals surface area contributed by atoms with Gasteiger partial charge in [-0.05, 0) is 41.7 Å². The van der Waals surface area contributed by atoms with Crippen LogP contribution < -0.4 is 5.73 Å². The minimum atomic E-state index is -4.29. The van der Waals surface area contributed by atoms with Crippen molar-refractivity contribution in [2.24, 2.45) is 5.73 Å². The van der Waals surface area contributed by atoms with Crippen molar-refractivity contribution in [3.63, 3.8) is 0 Å². The Kier molecular flexibility index (Phi) is 2.76. The normalized spacial score (nSPS) is 15.6. The summed E-state index contributed by atoms with van der Waals surface area (Å²) in [7, 11) is 0. The predicted molar refractivity (Wildman–Crippen MR) is 56.8 cm³/mol. The molecule has 0 atom stereocenters. The molecule has 1 aliphatic rings. The molecule has 4 heteroatoms. The van der Waals surface area contributed by atoms with Gasteiger partial charge in [-0.1, -0.05) is 12.1 Å². The lowest BCUT2D eigenvalue weighted by atomic mass is 9.89. The average Bonchev–Trinajstić information content (AvgIpc) is 2.26. The highest BCUT2D eigenvalue weighted by molar-refractivity contribution is 5.71. The predicted octanol–water partition coefficient (Wildman–Crippen LogP) is 2.99. The first kappa shape index (κ1) is 11.2. The van der Waals surface area contributed by atoms with Crippen LogP contribution in [0.4, 0.5) is 13.2 Å². The summed E-state index contributed by atoms with van der Waals surface area (Å²) < 4.78 is 37.6. The molecule has 0 heterocycles. The Labute approximate surface area is 91.8 Å². The van der Waals surface area contributed by atoms with Crippen molar-refractivity contribution in [2.75, 3.05) is 6.54 Å². The van der Waals surface area contributed by atoms with Crippen LogP contribution in [0.5, 0.6) is 0 Å². The summed E-state index contributed by atoms with van der Waals surface area (Å²) in [5, 5.41) is 0. The van der Waals surface area contributed by atoms with E-state index in [1.807, 2.05) is 6.08 Å². The summed E-state index contributed by atoms with van der Waals surface area (Å²) in [6.45, 7) is 0.286. The van der Waals surface area contributed by atoms with E-state index >= 15 is 0 Å². The molecule has 1 aromatic rings. The summed E-state index contributed by atoms with van der Waals surface area (Å²) in [6.07, 6.45) is -0.726. The molecule has 0 unspecified atom stereocenters. The van der Waals surface area contributed by atoms with E-state index in [1.54, 1.807) is 6.07 Å². The third kappa shape index (κ3) is 1.97. The highest BCUT2D eigenvalue weighted by Gasteiger charge is 2.31. The van der Waals surface area contributed by atoms with Crippen LogP contribution >= 0.6 is 0 Å². The van der Waals surface area contributed by atoms with Gasteiger partial charge in [-0.25, -0.2) is 0 Å². The first-order valence-corrected chi connectivity index (χ1v) is 5.12. The molecule has 0 saturated carbocycles. The Balaban J connectivity index is 2.49. The van der Waals surface area contributed by atoms with E-state index in [4.69, 9.17) is 5.73 Å². The number of alkyl halides is 3. The highest BCUT2D eigenvalue weighted by Crippen LogP contribution is 2.34. The number of rotatable bonds is 1. The zero-order chi connectivity index (χ0) is 11.8. The second-order valence-corrected chi connectivity index (χ2v) is 3.84. The summed E-state index contributed by atoms with van der Waals surface area (Å²) in [4.78, 5) is 0. The Morgan fingerprint density at radius 1 is 1.25 bits per heavy atom. The van der Waals surface area contributed by atoms with E-state index in [0.717, 1.165) is 30.0 Å². The first-order chi connectivity index (χ1) is 7.52. The molecule has 1 nitrogen and oxygen atoms in total. The highest BCUT2D eigenvalue weighted by atomic mass is 19.4. The molecule has 16 heavy (non-hydrogen) atoms. The minimum Gasteiger partial charge on any atom is -0.326 e. The standard InChI is InChI=1S/C12H12F3N/c13-12(14,15)10-5-4-8-2-1-3-9(7-16)11(8)6-10/h3-6H,1-2,7,16H2. The van der Waals surface area contributed by atoms with Gasteiger partial charge in [0.05, 0.1) is 5.56 Å². The van der Waals surface area contributed by atoms with E-state index in [1.165, 1.54) is 6.07 Å². The smallest absolute Gasteiger partial charge is 0.326 e. The average molecular weight is 227 g/mol. The minimum absolute atomic E-state index is 0.286. The summed E-state index contributed by atoms with van der Waals surface area (Å²) >= 11 is 0. The van der Waals surface area contributed by atoms with Crippen molar-refractivity contribution >= 4 is 5.57 Å². The molecular weight excluding hydrogens is 215 g/mol. The zero-order valence-electron chi connectivity index (χ0n) is 8.64. The van der Waals surface area contributed by atoms with Gasteiger partial charge in [-0.15, -0.1) is 0 Å². The molecule has 0 amide bonds. The van der Waals surface area contributed by atoms with Crippen LogP contribution in [0.3, 0.4) is 0 Å². The monoisotopic (exact) mass is 227 g/mol. The molecular formula is C12H12F3N. The molecule has 0 aromatic heterocycles. The number of hydrogen-bond acceptors (Lipinski definition) is 1. The molecule has 2 N–H and O–H groups in total. The van der Waals surface area contributed by atoms with Crippen LogP contribution in [0.1, 0.15) is 23.1 Å². The Hall–Kier alpha value is -1.29. The van der Waals surface area contributed by atoms with Crippen LogP contribution in [0.15, 0.2) is 24.3 Å². The summed E-state index contributed by atoms with van der Waals surface area (Å²) in [5.41, 5.74) is 7.35. The number of benzene rings is 1. The SMILES string of the molecule is NCC1=CCCc2ccc(C(F)(F)F)cc21. The Bertz CT molecular complexity index is 432. The van der Waals surface area contributed by atoms with Crippen LogP contribution in [-0.2, 0) is 12.6 Å². The van der Waals surface area contributed by atoms with E-state index < -0.39 is 11.7 Å². The summed E-state index contributed by atoms with van der Waals surface area (Å²) in [5.74, 6) is 0. The van der Waals surface area contributed by atoms with Gasteiger partial charge < -0.3 is 5.73 Å². The molecule has 2 rings (SSSR count). The quantitative estimate of drug-likeness (QED) is 0.784. The fourth-order valence-corrected chi connectivity index (χ4v) is 1.97. The largest absolute Gasteiger partial charge is 0.416 e. The van der Waals surface area contributed by atoms with Gasteiger partial charge in [-0.2, -0.15) is 13.2 Å². The molecule has 1 aromatic carbocycles. The van der Waals surface area contributed by atoms with Crippen LogP contribution in [0.2, 0.25) is 0 Å². The van der Waals surface area contributed by atoms with Crippen LogP contribution in [0, 0.1) is 0 Å². The third-order valence-electron chi connectivity index (χ3n) is 2.81. The van der Waals surface area contributed by atoms with E-state index in [-0.39, 0.29) is 6.54 Å². The lowest BCUT2D eigenvalue weighted by Gasteiger charge is -2.18. The molecule has 0 aliphatic heterocycles. The fourth-order valence-electron chi connectivity index (χ4n) is 1.97. The molecule has 0 saturated heterocycles. The Morgan fingerprint density at radius 3 is 2.62 bits per heavy atom. The maximum atomic E-state index is 12.5. The maximum absolute atomic E-state index is 12.5. The van der Waals surface area contributed by atoms with Crippen LogP contribution in [-0.4, -0.2) is 6.54 Å². The van der Waals surface area contributed by atoms with Crippen molar-refractivity contribution in [3.05, 3.63) is 41.0 Å². The lowest BCUT2D eigenvalue weighted by Crippen LogP contribution is -2.11. The van der Waals surface area contributed by atoms with Crippen molar-refractivity contribution in [1.29, 1.82) is 0 Å². The van der Waals surface area contributed by atoms with Crippen molar-refractivity contribution < 1.29 is 13.2 Å². The van der Waals surface area contributed by atoms with Gasteiger partial charge in [0.15, 0.2) is 0 Å². The maximum Gasteiger partial charge on any atom is 0.416 e. The van der Waals surface area contributed by atoms with E-state index in [9.17, 15) is 13.2 Å². The number of halogens is 3. The zero-order valence-corrected chi connectivity index (χ0v) is 8.64. The van der Waals surface area contributed by atoms with Gasteiger partial charge in [0.1, 0.15) is 0 Å². The van der Waals surface area contributed by atoms with Crippen LogP contribution in [0.25, 0.3) is 5.57 Å². The Morgan fingerprint density at radius 2 is 2.00 bits per heavy atom. The third-order valence-corrected chi connectivity index (χ3v) is 2.81. The topological polar surface area (TPSA) is 26.0 Å². The molecule has 0 spiro atoms. The molecule has 86 valence electrons. The van der Waals surface area contributed by atoms with Gasteiger partial charge in [0.25, 0.3) is 0 Å². The molecule has 0 radical (unpaired) electrons. The van der Waals surface area contributed by atoms with Gasteiger partial charge in [0.2, 0.25) is 0 Å². The molecule has 1 aliphatic carbocycles. The molecule has 0 fully saturated rings. The van der Waals surface area contributed by atoms with Crippen molar-refractivity contribution in [3.8, 4) is 0 Å². The van der Waals surface area contributed by atoms with Crippen molar-refractivity contribution in [2.45, 2.75) is 19.0 Å². The molecule has 0 bridgehead atoms. The number of aryl methyl sites for hydroxylation is 1. The number of fused-ring (bicyclic) bond motifs is 1. The summed E-state index contributed by atoms with van der Waals surface area (Å²) in [6, 6.07) is 3.90. The number of hydrogen-bond donors (Lipinski definition) is 1. The fraction of sp³-hybridized carbons (Fsp3) is 0.333. The van der Waals surface area contributed by atoms with Gasteiger partial charge in [0, 0.05) is 6.54 Å². The van der Waals surface area contributed by atoms with Gasteiger partial charge >= 0.3 is 6.18 Å². The first-order valence-electron chi connectivity index (χ1n) is 5.12.